The molecule has 0 bridgehead atoms. The highest BCUT2D eigenvalue weighted by molar-refractivity contribution is 4.81. The molecule has 0 radical (unpaired) electrons. The van der Waals surface area contributed by atoms with E-state index in [2.05, 4.69) is 37.9 Å². The predicted octanol–water partition coefficient (Wildman–Crippen LogP) is 3.28. The molecule has 0 spiro atoms. The van der Waals surface area contributed by atoms with Gasteiger partial charge in [0.05, 0.1) is 0 Å². The summed E-state index contributed by atoms with van der Waals surface area (Å²) in [5.41, 5.74) is 0. The van der Waals surface area contributed by atoms with Crippen LogP contribution < -0.4 is 5.32 Å². The second-order valence-electron chi connectivity index (χ2n) is 6.11. The Morgan fingerprint density at radius 2 is 2.00 bits per heavy atom. The Bertz CT molecular complexity index is 189. The van der Waals surface area contributed by atoms with Gasteiger partial charge in [-0.05, 0) is 25.7 Å². The van der Waals surface area contributed by atoms with Crippen LogP contribution in [0.4, 0.5) is 0 Å². The largest absolute Gasteiger partial charge is 0.311 e. The minimum Gasteiger partial charge on any atom is -0.311 e. The number of hydrogen-bond donors (Lipinski definition) is 1. The van der Waals surface area contributed by atoms with Gasteiger partial charge in [0.15, 0.2) is 0 Å². The van der Waals surface area contributed by atoms with Gasteiger partial charge in [0.2, 0.25) is 0 Å². The first-order chi connectivity index (χ1) is 8.13. The molecule has 0 aromatic heterocycles. The lowest BCUT2D eigenvalue weighted by atomic mass is 10.0. The Labute approximate surface area is 108 Å². The van der Waals surface area contributed by atoms with E-state index < -0.39 is 0 Å². The average molecular weight is 240 g/mol. The summed E-state index contributed by atoms with van der Waals surface area (Å²) < 4.78 is 0. The Morgan fingerprint density at radius 3 is 2.65 bits per heavy atom. The molecule has 0 aromatic rings. The molecule has 1 heterocycles. The summed E-state index contributed by atoms with van der Waals surface area (Å²) in [5, 5.41) is 3.64. The van der Waals surface area contributed by atoms with Crippen LogP contribution in [-0.2, 0) is 0 Å². The third kappa shape index (κ3) is 5.87. The maximum atomic E-state index is 3.64. The molecule has 1 N–H and O–H groups in total. The number of rotatable bonds is 7. The van der Waals surface area contributed by atoms with Gasteiger partial charge in [0.25, 0.3) is 0 Å². The summed E-state index contributed by atoms with van der Waals surface area (Å²) in [7, 11) is 0. The van der Waals surface area contributed by atoms with Crippen LogP contribution in [0.2, 0.25) is 0 Å². The molecule has 102 valence electrons. The molecule has 2 heteroatoms. The fourth-order valence-corrected chi connectivity index (χ4v) is 2.80. The average Bonchev–Trinajstić information content (AvgIpc) is 2.29. The molecule has 2 unspecified atom stereocenters. The lowest BCUT2D eigenvalue weighted by molar-refractivity contribution is 0.140. The van der Waals surface area contributed by atoms with Crippen LogP contribution in [0.1, 0.15) is 59.8 Å². The van der Waals surface area contributed by atoms with Crippen molar-refractivity contribution in [2.45, 2.75) is 71.9 Å². The van der Waals surface area contributed by atoms with Crippen LogP contribution in [0.15, 0.2) is 0 Å². The monoisotopic (exact) mass is 240 g/mol. The van der Waals surface area contributed by atoms with Gasteiger partial charge in [-0.3, -0.25) is 4.90 Å². The molecule has 2 atom stereocenters. The summed E-state index contributed by atoms with van der Waals surface area (Å²) in [6.45, 7) is 13.0. The third-order valence-corrected chi connectivity index (χ3v) is 3.95. The molecule has 0 saturated carbocycles. The number of hydrogen-bond acceptors (Lipinski definition) is 2. The molecule has 1 aliphatic heterocycles. The fourth-order valence-electron chi connectivity index (χ4n) is 2.80. The second-order valence-corrected chi connectivity index (χ2v) is 6.11. The maximum absolute atomic E-state index is 3.64. The quantitative estimate of drug-likeness (QED) is 0.735. The van der Waals surface area contributed by atoms with Crippen molar-refractivity contribution in [3.63, 3.8) is 0 Å². The highest BCUT2D eigenvalue weighted by Crippen LogP contribution is 2.15. The van der Waals surface area contributed by atoms with Gasteiger partial charge in [-0.2, -0.15) is 0 Å². The second kappa shape index (κ2) is 8.10. The van der Waals surface area contributed by atoms with Crippen molar-refractivity contribution in [1.29, 1.82) is 0 Å². The van der Waals surface area contributed by atoms with Gasteiger partial charge < -0.3 is 5.32 Å². The maximum Gasteiger partial charge on any atom is 0.0195 e. The molecular weight excluding hydrogens is 208 g/mol. The highest BCUT2D eigenvalue weighted by atomic mass is 15.2. The normalized spacial score (nSPS) is 24.2. The molecule has 1 saturated heterocycles. The van der Waals surface area contributed by atoms with Gasteiger partial charge in [-0.15, -0.1) is 0 Å². The molecule has 2 nitrogen and oxygen atoms in total. The molecule has 17 heavy (non-hydrogen) atoms. The summed E-state index contributed by atoms with van der Waals surface area (Å²) >= 11 is 0. The standard InChI is InChI=1S/C15H32N2/c1-5-7-15-12-17(11-10-16-15)14(4)9-6-8-13(2)3/h13-16H,5-12H2,1-4H3. The summed E-state index contributed by atoms with van der Waals surface area (Å²) in [5.74, 6) is 0.859. The molecule has 0 amide bonds. The van der Waals surface area contributed by atoms with E-state index in [0.717, 1.165) is 18.0 Å². The zero-order valence-corrected chi connectivity index (χ0v) is 12.3. The van der Waals surface area contributed by atoms with Gasteiger partial charge >= 0.3 is 0 Å². The number of nitrogens with one attached hydrogen (secondary N) is 1. The Balaban J connectivity index is 2.23. The van der Waals surface area contributed by atoms with Gasteiger partial charge in [0.1, 0.15) is 0 Å². The van der Waals surface area contributed by atoms with E-state index in [1.807, 2.05) is 0 Å². The minimum absolute atomic E-state index is 0.737. The zero-order chi connectivity index (χ0) is 12.7. The van der Waals surface area contributed by atoms with Gasteiger partial charge in [0, 0.05) is 31.7 Å². The van der Waals surface area contributed by atoms with E-state index in [4.69, 9.17) is 0 Å². The third-order valence-electron chi connectivity index (χ3n) is 3.95. The topological polar surface area (TPSA) is 15.3 Å². The van der Waals surface area contributed by atoms with Gasteiger partial charge in [-0.1, -0.05) is 40.0 Å². The van der Waals surface area contributed by atoms with Crippen molar-refractivity contribution >= 4 is 0 Å². The van der Waals surface area contributed by atoms with Crippen LogP contribution in [0.3, 0.4) is 0 Å². The van der Waals surface area contributed by atoms with Crippen molar-refractivity contribution in [3.05, 3.63) is 0 Å². The SMILES string of the molecule is CCCC1CN(C(C)CCCC(C)C)CCN1. The fraction of sp³-hybridized carbons (Fsp3) is 1.00. The van der Waals surface area contributed by atoms with Crippen LogP contribution in [0, 0.1) is 5.92 Å². The summed E-state index contributed by atoms with van der Waals surface area (Å²) in [4.78, 5) is 2.69. The number of piperazine rings is 1. The van der Waals surface area contributed by atoms with Crippen molar-refractivity contribution < 1.29 is 0 Å². The lowest BCUT2D eigenvalue weighted by Crippen LogP contribution is -2.53. The summed E-state index contributed by atoms with van der Waals surface area (Å²) in [6.07, 6.45) is 6.77. The highest BCUT2D eigenvalue weighted by Gasteiger charge is 2.21. The molecule has 1 aliphatic rings. The van der Waals surface area contributed by atoms with E-state index in [0.29, 0.717) is 0 Å². The van der Waals surface area contributed by atoms with Crippen molar-refractivity contribution in [1.82, 2.24) is 10.2 Å². The molecular formula is C15H32N2. The van der Waals surface area contributed by atoms with E-state index in [1.165, 1.54) is 51.7 Å². The molecule has 0 aliphatic carbocycles. The van der Waals surface area contributed by atoms with Gasteiger partial charge in [-0.25, -0.2) is 0 Å². The smallest absolute Gasteiger partial charge is 0.0195 e. The van der Waals surface area contributed by atoms with E-state index in [-0.39, 0.29) is 0 Å². The minimum atomic E-state index is 0.737. The van der Waals surface area contributed by atoms with Crippen molar-refractivity contribution in [2.75, 3.05) is 19.6 Å². The Hall–Kier alpha value is -0.0800. The van der Waals surface area contributed by atoms with Crippen LogP contribution in [0.5, 0.6) is 0 Å². The van der Waals surface area contributed by atoms with E-state index in [9.17, 15) is 0 Å². The number of nitrogens with zero attached hydrogens (tertiary/aromatic N) is 1. The molecule has 1 rings (SSSR count). The Kier molecular flexibility index (Phi) is 7.14. The van der Waals surface area contributed by atoms with Crippen molar-refractivity contribution in [2.24, 2.45) is 5.92 Å². The Morgan fingerprint density at radius 1 is 1.24 bits per heavy atom. The summed E-state index contributed by atoms with van der Waals surface area (Å²) in [6, 6.07) is 1.51. The van der Waals surface area contributed by atoms with E-state index >= 15 is 0 Å². The van der Waals surface area contributed by atoms with Crippen LogP contribution in [-0.4, -0.2) is 36.6 Å². The van der Waals surface area contributed by atoms with Crippen LogP contribution in [0.25, 0.3) is 0 Å². The lowest BCUT2D eigenvalue weighted by Gasteiger charge is -2.37. The predicted molar refractivity (Wildman–Crippen MR) is 76.4 cm³/mol. The first-order valence-corrected chi connectivity index (χ1v) is 7.61. The molecule has 1 fully saturated rings. The first-order valence-electron chi connectivity index (χ1n) is 7.61. The first kappa shape index (κ1) is 15.0. The molecule has 0 aromatic carbocycles. The van der Waals surface area contributed by atoms with E-state index in [1.54, 1.807) is 0 Å². The van der Waals surface area contributed by atoms with Crippen LogP contribution >= 0.6 is 0 Å². The van der Waals surface area contributed by atoms with Crippen molar-refractivity contribution in [3.8, 4) is 0 Å². The zero-order valence-electron chi connectivity index (χ0n) is 12.3.